The van der Waals surface area contributed by atoms with Gasteiger partial charge in [-0.3, -0.25) is 19.8 Å². The first-order valence-corrected chi connectivity index (χ1v) is 12.4. The third kappa shape index (κ3) is 3.88. The SMILES string of the molecule is CC1(C)C(N)=N[C@](C)(c2nc(CC(=O)c3ccc(Cl)cn3)ccc2F)[C@H]2CC(F)(F)CN=[S@@]21=O. The molecular formula is C22H23ClF3N5O2S. The summed E-state index contributed by atoms with van der Waals surface area (Å²) >= 11 is 5.80. The maximum absolute atomic E-state index is 15.1. The van der Waals surface area contributed by atoms with Crippen molar-refractivity contribution in [1.29, 1.82) is 0 Å². The number of Topliss-reactive ketones (excluding diaryl/α,β-unsaturated/α-hetero) is 1. The molecule has 0 spiro atoms. The van der Waals surface area contributed by atoms with Gasteiger partial charge in [-0.2, -0.15) is 0 Å². The van der Waals surface area contributed by atoms with Crippen LogP contribution in [0.2, 0.25) is 5.02 Å². The highest BCUT2D eigenvalue weighted by Crippen LogP contribution is 2.49. The van der Waals surface area contributed by atoms with Crippen molar-refractivity contribution in [1.82, 2.24) is 9.97 Å². The summed E-state index contributed by atoms with van der Waals surface area (Å²) in [6, 6.07) is 5.35. The predicted octanol–water partition coefficient (Wildman–Crippen LogP) is 3.93. The van der Waals surface area contributed by atoms with E-state index in [9.17, 15) is 17.8 Å². The van der Waals surface area contributed by atoms with Crippen molar-refractivity contribution >= 4 is 32.9 Å². The van der Waals surface area contributed by atoms with Crippen LogP contribution in [0.25, 0.3) is 0 Å². The van der Waals surface area contributed by atoms with Gasteiger partial charge in [-0.1, -0.05) is 11.6 Å². The van der Waals surface area contributed by atoms with E-state index in [1.54, 1.807) is 0 Å². The maximum atomic E-state index is 15.1. The van der Waals surface area contributed by atoms with E-state index in [0.717, 1.165) is 6.07 Å². The van der Waals surface area contributed by atoms with Crippen LogP contribution < -0.4 is 5.73 Å². The van der Waals surface area contributed by atoms with Gasteiger partial charge in [0.25, 0.3) is 5.92 Å². The Bertz CT molecular complexity index is 1320. The molecule has 3 atom stereocenters. The summed E-state index contributed by atoms with van der Waals surface area (Å²) in [6.07, 6.45) is 0.276. The van der Waals surface area contributed by atoms with Gasteiger partial charge in [0, 0.05) is 18.3 Å². The first kappa shape index (κ1) is 24.6. The monoisotopic (exact) mass is 513 g/mol. The van der Waals surface area contributed by atoms with Crippen LogP contribution in [0.5, 0.6) is 0 Å². The van der Waals surface area contributed by atoms with E-state index in [4.69, 9.17) is 17.3 Å². The lowest BCUT2D eigenvalue weighted by Gasteiger charge is -2.48. The molecule has 4 heterocycles. The second-order valence-electron chi connectivity index (χ2n) is 9.15. The molecular weight excluding hydrogens is 491 g/mol. The van der Waals surface area contributed by atoms with Crippen molar-refractivity contribution in [3.63, 3.8) is 0 Å². The van der Waals surface area contributed by atoms with Crippen LogP contribution in [0.3, 0.4) is 0 Å². The minimum absolute atomic E-state index is 0.0849. The van der Waals surface area contributed by atoms with Gasteiger partial charge in [-0.05, 0) is 45.0 Å². The van der Waals surface area contributed by atoms with Gasteiger partial charge in [0.2, 0.25) is 0 Å². The topological polar surface area (TPSA) is 111 Å². The van der Waals surface area contributed by atoms with Gasteiger partial charge in [0.15, 0.2) is 5.78 Å². The minimum Gasteiger partial charge on any atom is -0.386 e. The van der Waals surface area contributed by atoms with Crippen molar-refractivity contribution in [2.75, 3.05) is 6.54 Å². The lowest BCUT2D eigenvalue weighted by Crippen LogP contribution is -2.62. The molecule has 0 bridgehead atoms. The van der Waals surface area contributed by atoms with Crippen LogP contribution in [-0.4, -0.2) is 48.3 Å². The Labute approximate surface area is 200 Å². The first-order chi connectivity index (χ1) is 15.7. The smallest absolute Gasteiger partial charge is 0.269 e. The molecule has 0 radical (unpaired) electrons. The number of carbonyl (C=O) groups is 1. The largest absolute Gasteiger partial charge is 0.386 e. The zero-order chi connectivity index (χ0) is 25.1. The molecule has 0 aliphatic carbocycles. The van der Waals surface area contributed by atoms with Gasteiger partial charge in [0.1, 0.15) is 39.9 Å². The summed E-state index contributed by atoms with van der Waals surface area (Å²) < 4.78 is 60.6. The van der Waals surface area contributed by atoms with Crippen molar-refractivity contribution in [2.24, 2.45) is 15.1 Å². The molecule has 2 N–H and O–H groups in total. The van der Waals surface area contributed by atoms with Crippen LogP contribution in [0.15, 0.2) is 39.8 Å². The molecule has 0 saturated heterocycles. The fourth-order valence-electron chi connectivity index (χ4n) is 4.30. The van der Waals surface area contributed by atoms with E-state index < -0.39 is 55.8 Å². The molecule has 2 aromatic heterocycles. The number of hydrogen-bond acceptors (Lipinski definition) is 7. The average molecular weight is 514 g/mol. The van der Waals surface area contributed by atoms with E-state index in [0.29, 0.717) is 5.02 Å². The molecule has 182 valence electrons. The number of nitrogens with two attached hydrogens (primary N) is 1. The Morgan fingerprint density at radius 3 is 2.59 bits per heavy atom. The summed E-state index contributed by atoms with van der Waals surface area (Å²) in [6.45, 7) is 3.54. The van der Waals surface area contributed by atoms with Crippen LogP contribution in [-0.2, 0) is 21.7 Å². The number of carbonyl (C=O) groups excluding carboxylic acids is 1. The van der Waals surface area contributed by atoms with Gasteiger partial charge < -0.3 is 5.73 Å². The Balaban J connectivity index is 1.81. The molecule has 7 nitrogen and oxygen atoms in total. The summed E-state index contributed by atoms with van der Waals surface area (Å²) in [4.78, 5) is 25.3. The van der Waals surface area contributed by atoms with Crippen LogP contribution >= 0.6 is 11.6 Å². The second kappa shape index (κ2) is 8.01. The van der Waals surface area contributed by atoms with Crippen LogP contribution in [0.4, 0.5) is 13.2 Å². The lowest BCUT2D eigenvalue weighted by molar-refractivity contribution is -0.00687. The molecule has 0 saturated carbocycles. The van der Waals surface area contributed by atoms with E-state index >= 15 is 4.39 Å². The molecule has 0 aromatic carbocycles. The molecule has 0 unspecified atom stereocenters. The molecule has 2 aromatic rings. The fourth-order valence-corrected chi connectivity index (χ4v) is 7.61. The average Bonchev–Trinajstić information content (AvgIpc) is 2.76. The Kier molecular flexibility index (Phi) is 5.79. The number of amidine groups is 1. The lowest BCUT2D eigenvalue weighted by atomic mass is 9.87. The fraction of sp³-hybridized carbons (Fsp3) is 0.455. The minimum atomic E-state index is -3.39. The number of hydrogen-bond donors (Lipinski definition) is 1. The molecule has 2 aliphatic heterocycles. The molecule has 2 aliphatic rings. The number of nitrogens with zero attached hydrogens (tertiary/aromatic N) is 4. The van der Waals surface area contributed by atoms with E-state index in [2.05, 4.69) is 19.3 Å². The Hall–Kier alpha value is -2.53. The Morgan fingerprint density at radius 2 is 1.94 bits per heavy atom. The highest BCUT2D eigenvalue weighted by molar-refractivity contribution is 7.96. The number of rotatable bonds is 4. The molecule has 12 heteroatoms. The quantitative estimate of drug-likeness (QED) is 0.623. The summed E-state index contributed by atoms with van der Waals surface area (Å²) in [5.74, 6) is -4.56. The highest BCUT2D eigenvalue weighted by atomic mass is 35.5. The summed E-state index contributed by atoms with van der Waals surface area (Å²) in [5, 5.41) is -0.988. The molecule has 4 rings (SSSR count). The van der Waals surface area contributed by atoms with Gasteiger partial charge >= 0.3 is 0 Å². The van der Waals surface area contributed by atoms with Gasteiger partial charge in [-0.15, -0.1) is 0 Å². The van der Waals surface area contributed by atoms with Crippen LogP contribution in [0, 0.1) is 5.82 Å². The molecule has 34 heavy (non-hydrogen) atoms. The third-order valence-corrected chi connectivity index (χ3v) is 10.2. The third-order valence-electron chi connectivity index (χ3n) is 6.42. The number of ketones is 1. The maximum Gasteiger partial charge on any atom is 0.269 e. The number of halogens is 4. The number of aliphatic imine (C=N–C) groups is 1. The van der Waals surface area contributed by atoms with Crippen molar-refractivity contribution in [3.8, 4) is 0 Å². The normalized spacial score (nSPS) is 29.5. The Morgan fingerprint density at radius 1 is 1.24 bits per heavy atom. The first-order valence-electron chi connectivity index (χ1n) is 10.5. The molecule has 0 fully saturated rings. The zero-order valence-corrected chi connectivity index (χ0v) is 20.3. The predicted molar refractivity (Wildman–Crippen MR) is 123 cm³/mol. The number of pyridine rings is 2. The van der Waals surface area contributed by atoms with Crippen molar-refractivity contribution in [3.05, 3.63) is 58.4 Å². The van der Waals surface area contributed by atoms with Gasteiger partial charge in [0.05, 0.1) is 26.4 Å². The number of fused-ring (bicyclic) bond motifs is 1. The van der Waals surface area contributed by atoms with Crippen molar-refractivity contribution < 1.29 is 22.2 Å². The van der Waals surface area contributed by atoms with E-state index in [1.165, 1.54) is 45.2 Å². The molecule has 0 amide bonds. The standard InChI is InChI=1S/C22H23ClF3N5O2S/c1-20(2)19(27)31-21(3,17-9-22(25,26)11-29-34(17,20)33)18-14(24)6-5-13(30-18)8-16(32)15-7-4-12(23)10-28-15/h4-7,10,17H,8-9,11H2,1-3H3,(H2,27,31)/t17-,21+,34-/m1/s1. The van der Waals surface area contributed by atoms with Crippen molar-refractivity contribution in [2.45, 2.75) is 55.1 Å². The summed E-state index contributed by atoms with van der Waals surface area (Å²) in [7, 11) is -3.39. The zero-order valence-electron chi connectivity index (χ0n) is 18.7. The summed E-state index contributed by atoms with van der Waals surface area (Å²) in [5.41, 5.74) is 4.35. The van der Waals surface area contributed by atoms with Gasteiger partial charge in [-0.25, -0.2) is 21.7 Å². The highest BCUT2D eigenvalue weighted by Gasteiger charge is 2.60. The number of alkyl halides is 2. The van der Waals surface area contributed by atoms with E-state index in [-0.39, 0.29) is 29.3 Å². The van der Waals surface area contributed by atoms with Crippen LogP contribution in [0.1, 0.15) is 49.1 Å². The second-order valence-corrected chi connectivity index (χ2v) is 12.6. The number of aromatic nitrogens is 2. The van der Waals surface area contributed by atoms with E-state index in [1.807, 2.05) is 0 Å².